The summed E-state index contributed by atoms with van der Waals surface area (Å²) in [6.45, 7) is 1.93. The van der Waals surface area contributed by atoms with E-state index in [1.165, 1.54) is 12.1 Å². The molecule has 1 aromatic heterocycles. The minimum absolute atomic E-state index is 0.169. The molecule has 1 aliphatic heterocycles. The van der Waals surface area contributed by atoms with Crippen LogP contribution in [0.4, 0.5) is 13.6 Å². The van der Waals surface area contributed by atoms with Crippen molar-refractivity contribution in [3.05, 3.63) is 77.5 Å². The number of rotatable bonds is 6. The molecule has 0 spiro atoms. The number of benzene rings is 2. The number of hydrogen-bond acceptors (Lipinski definition) is 5. The third-order valence-electron chi connectivity index (χ3n) is 5.29. The molecular formula is C23H23F2N3O3. The first-order chi connectivity index (χ1) is 15.1. The molecule has 0 saturated carbocycles. The molecule has 0 atom stereocenters. The molecule has 1 saturated heterocycles. The Hall–Kier alpha value is -3.26. The van der Waals surface area contributed by atoms with Gasteiger partial charge in [0.05, 0.1) is 11.3 Å². The molecule has 2 aromatic carbocycles. The van der Waals surface area contributed by atoms with Crippen molar-refractivity contribution in [3.8, 4) is 11.3 Å². The van der Waals surface area contributed by atoms with Crippen molar-refractivity contribution in [1.29, 1.82) is 0 Å². The zero-order valence-corrected chi connectivity index (χ0v) is 16.9. The molecule has 2 heterocycles. The van der Waals surface area contributed by atoms with E-state index in [4.69, 9.17) is 9.26 Å². The second-order valence-electron chi connectivity index (χ2n) is 7.49. The number of halogens is 2. The number of aromatic nitrogens is 1. The zero-order chi connectivity index (χ0) is 21.6. The lowest BCUT2D eigenvalue weighted by Crippen LogP contribution is -2.44. The maximum atomic E-state index is 13.9. The predicted octanol–water partition coefficient (Wildman–Crippen LogP) is 4.51. The number of carbonyl (C=O) groups is 1. The zero-order valence-electron chi connectivity index (χ0n) is 16.9. The first kappa shape index (κ1) is 21.0. The summed E-state index contributed by atoms with van der Waals surface area (Å²) in [7, 11) is 0. The molecule has 3 aromatic rings. The summed E-state index contributed by atoms with van der Waals surface area (Å²) in [5.74, 6) is -1.08. The van der Waals surface area contributed by atoms with Crippen LogP contribution in [0.3, 0.4) is 0 Å². The van der Waals surface area contributed by atoms with E-state index < -0.39 is 11.6 Å². The van der Waals surface area contributed by atoms with Gasteiger partial charge in [-0.25, -0.2) is 13.6 Å². The van der Waals surface area contributed by atoms with Gasteiger partial charge in [0, 0.05) is 37.8 Å². The van der Waals surface area contributed by atoms with Crippen LogP contribution in [0.15, 0.2) is 59.1 Å². The molecular weight excluding hydrogens is 404 g/mol. The first-order valence-corrected chi connectivity index (χ1v) is 10.2. The third kappa shape index (κ3) is 5.46. The average molecular weight is 427 g/mol. The second kappa shape index (κ2) is 9.70. The van der Waals surface area contributed by atoms with E-state index in [1.807, 2.05) is 30.3 Å². The maximum absolute atomic E-state index is 13.9. The Morgan fingerprint density at radius 3 is 2.65 bits per heavy atom. The van der Waals surface area contributed by atoms with E-state index in [0.29, 0.717) is 25.3 Å². The van der Waals surface area contributed by atoms with Gasteiger partial charge >= 0.3 is 6.09 Å². The van der Waals surface area contributed by atoms with Gasteiger partial charge in [-0.05, 0) is 30.5 Å². The van der Waals surface area contributed by atoms with Gasteiger partial charge in [-0.2, -0.15) is 0 Å². The van der Waals surface area contributed by atoms with E-state index in [9.17, 15) is 13.6 Å². The highest BCUT2D eigenvalue weighted by Gasteiger charge is 2.24. The summed E-state index contributed by atoms with van der Waals surface area (Å²) in [5.41, 5.74) is 1.76. The summed E-state index contributed by atoms with van der Waals surface area (Å²) in [5, 5.41) is 7.34. The number of likely N-dealkylation sites (tertiary alicyclic amines) is 1. The molecule has 31 heavy (non-hydrogen) atoms. The molecule has 0 radical (unpaired) electrons. The fraction of sp³-hybridized carbons (Fsp3) is 0.304. The number of amides is 1. The number of piperidine rings is 1. The second-order valence-corrected chi connectivity index (χ2v) is 7.49. The van der Waals surface area contributed by atoms with Crippen molar-refractivity contribution in [3.63, 3.8) is 0 Å². The molecule has 1 amide bonds. The van der Waals surface area contributed by atoms with Crippen LogP contribution in [-0.4, -0.2) is 35.3 Å². The van der Waals surface area contributed by atoms with Gasteiger partial charge in [-0.15, -0.1) is 0 Å². The van der Waals surface area contributed by atoms with Crippen LogP contribution in [0.1, 0.15) is 24.1 Å². The van der Waals surface area contributed by atoms with Crippen LogP contribution in [0, 0.1) is 11.6 Å². The van der Waals surface area contributed by atoms with Crippen LogP contribution in [0.5, 0.6) is 0 Å². The Bertz CT molecular complexity index is 1020. The number of nitrogens with zero attached hydrogens (tertiary/aromatic N) is 2. The Balaban J connectivity index is 1.22. The summed E-state index contributed by atoms with van der Waals surface area (Å²) < 4.78 is 37.5. The Morgan fingerprint density at radius 2 is 1.90 bits per heavy atom. The molecule has 0 bridgehead atoms. The molecule has 0 unspecified atom stereocenters. The van der Waals surface area contributed by atoms with Crippen LogP contribution in [0.25, 0.3) is 11.3 Å². The average Bonchev–Trinajstić information content (AvgIpc) is 3.26. The van der Waals surface area contributed by atoms with Crippen molar-refractivity contribution in [2.45, 2.75) is 32.0 Å². The summed E-state index contributed by atoms with van der Waals surface area (Å²) in [6, 6.07) is 14.8. The van der Waals surface area contributed by atoms with Crippen molar-refractivity contribution >= 4 is 6.09 Å². The van der Waals surface area contributed by atoms with Crippen LogP contribution >= 0.6 is 0 Å². The van der Waals surface area contributed by atoms with Crippen molar-refractivity contribution in [2.24, 2.45) is 0 Å². The Labute approximate surface area is 178 Å². The summed E-state index contributed by atoms with van der Waals surface area (Å²) >= 11 is 0. The van der Waals surface area contributed by atoms with Gasteiger partial charge in [0.2, 0.25) is 0 Å². The highest BCUT2D eigenvalue weighted by molar-refractivity contribution is 5.67. The van der Waals surface area contributed by atoms with Crippen molar-refractivity contribution in [1.82, 2.24) is 15.4 Å². The molecule has 4 rings (SSSR count). The van der Waals surface area contributed by atoms with E-state index in [-0.39, 0.29) is 30.1 Å². The normalized spacial score (nSPS) is 14.6. The molecule has 6 nitrogen and oxygen atoms in total. The molecule has 8 heteroatoms. The lowest BCUT2D eigenvalue weighted by molar-refractivity contribution is 0.0851. The lowest BCUT2D eigenvalue weighted by Gasteiger charge is -2.31. The third-order valence-corrected chi connectivity index (χ3v) is 5.29. The molecule has 1 N–H and O–H groups in total. The van der Waals surface area contributed by atoms with Gasteiger partial charge in [0.1, 0.15) is 18.2 Å². The molecule has 1 fully saturated rings. The van der Waals surface area contributed by atoms with Crippen LogP contribution < -0.4 is 5.32 Å². The monoisotopic (exact) mass is 427 g/mol. The highest BCUT2D eigenvalue weighted by atomic mass is 19.1. The number of nitrogens with one attached hydrogen (secondary N) is 1. The Kier molecular flexibility index (Phi) is 6.57. The Morgan fingerprint density at radius 1 is 1.13 bits per heavy atom. The topological polar surface area (TPSA) is 67.6 Å². The number of ether oxygens (including phenoxy) is 1. The van der Waals surface area contributed by atoms with E-state index in [0.717, 1.165) is 24.5 Å². The van der Waals surface area contributed by atoms with E-state index in [1.54, 1.807) is 11.0 Å². The predicted molar refractivity (Wildman–Crippen MR) is 110 cm³/mol. The number of hydrogen-bond donors (Lipinski definition) is 1. The van der Waals surface area contributed by atoms with Crippen molar-refractivity contribution < 1.29 is 22.8 Å². The van der Waals surface area contributed by atoms with Crippen molar-refractivity contribution in [2.75, 3.05) is 13.1 Å². The largest absolute Gasteiger partial charge is 0.445 e. The smallest absolute Gasteiger partial charge is 0.410 e. The molecule has 1 aliphatic rings. The van der Waals surface area contributed by atoms with Gasteiger partial charge in [-0.1, -0.05) is 35.5 Å². The minimum Gasteiger partial charge on any atom is -0.445 e. The van der Waals surface area contributed by atoms with Gasteiger partial charge in [-0.3, -0.25) is 0 Å². The van der Waals surface area contributed by atoms with E-state index in [2.05, 4.69) is 10.5 Å². The maximum Gasteiger partial charge on any atom is 0.410 e. The standard InChI is InChI=1S/C23H23F2N3O3/c24-17-6-7-20(21(25)12-17)22-13-19(27-31-22)14-26-18-8-10-28(11-9-18)23(29)30-15-16-4-2-1-3-5-16/h1-7,12-13,18,26H,8-11,14-15H2. The fourth-order valence-corrected chi connectivity index (χ4v) is 3.54. The van der Waals surface area contributed by atoms with Gasteiger partial charge in [0.15, 0.2) is 5.76 Å². The number of carbonyl (C=O) groups excluding carboxylic acids is 1. The molecule has 162 valence electrons. The lowest BCUT2D eigenvalue weighted by atomic mass is 10.1. The van der Waals surface area contributed by atoms with Gasteiger partial charge in [0.25, 0.3) is 0 Å². The highest BCUT2D eigenvalue weighted by Crippen LogP contribution is 2.24. The molecule has 0 aliphatic carbocycles. The summed E-state index contributed by atoms with van der Waals surface area (Å²) in [4.78, 5) is 14.0. The van der Waals surface area contributed by atoms with Gasteiger partial charge < -0.3 is 19.5 Å². The first-order valence-electron chi connectivity index (χ1n) is 10.2. The minimum atomic E-state index is -0.692. The SMILES string of the molecule is O=C(OCc1ccccc1)N1CCC(NCc2cc(-c3ccc(F)cc3F)on2)CC1. The summed E-state index contributed by atoms with van der Waals surface area (Å²) in [6.07, 6.45) is 1.28. The fourth-order valence-electron chi connectivity index (χ4n) is 3.54. The van der Waals surface area contributed by atoms with Crippen LogP contribution in [0.2, 0.25) is 0 Å². The van der Waals surface area contributed by atoms with E-state index >= 15 is 0 Å². The quantitative estimate of drug-likeness (QED) is 0.627. The van der Waals surface area contributed by atoms with Crippen LogP contribution in [-0.2, 0) is 17.9 Å².